The van der Waals surface area contributed by atoms with Crippen molar-refractivity contribution in [1.29, 1.82) is 0 Å². The molecule has 0 radical (unpaired) electrons. The van der Waals surface area contributed by atoms with Gasteiger partial charge in [-0.05, 0) is 30.0 Å². The van der Waals surface area contributed by atoms with Crippen LogP contribution in [0.2, 0.25) is 0 Å². The van der Waals surface area contributed by atoms with Crippen LogP contribution in [0.4, 0.5) is 5.69 Å². The number of phenolic OH excluding ortho intramolecular Hbond substituents is 1. The quantitative estimate of drug-likeness (QED) is 0.386. The van der Waals surface area contributed by atoms with Crippen LogP contribution in [0.1, 0.15) is 38.8 Å². The van der Waals surface area contributed by atoms with Crippen molar-refractivity contribution in [3.63, 3.8) is 0 Å². The minimum Gasteiger partial charge on any atom is -0.504 e. The molecule has 0 saturated carbocycles. The highest BCUT2D eigenvalue weighted by Crippen LogP contribution is 2.33. The highest BCUT2D eigenvalue weighted by Gasteiger charge is 2.16. The van der Waals surface area contributed by atoms with E-state index in [1.165, 1.54) is 0 Å². The molecule has 30 heavy (non-hydrogen) atoms. The van der Waals surface area contributed by atoms with E-state index in [9.17, 15) is 20.0 Å². The van der Waals surface area contributed by atoms with Crippen LogP contribution >= 0.6 is 0 Å². The number of nitrogens with zero attached hydrogens (tertiary/aromatic N) is 2. The maximum Gasteiger partial charge on any atom is 0.277 e. The van der Waals surface area contributed by atoms with Crippen molar-refractivity contribution >= 4 is 17.8 Å². The maximum absolute atomic E-state index is 11.9. The molecule has 0 fully saturated rings. The van der Waals surface area contributed by atoms with E-state index in [1.54, 1.807) is 19.1 Å². The molecule has 160 valence electrons. The van der Waals surface area contributed by atoms with Crippen molar-refractivity contribution in [2.75, 3.05) is 13.2 Å². The molecule has 2 rings (SSSR count). The molecule has 2 aromatic carbocycles. The SMILES string of the molecule is CCOc1cc([N+](=O)[O-])cc(/C=N\NC(=O)COc2ccc(C(C)(C)C)cc2)c1O. The van der Waals surface area contributed by atoms with Crippen molar-refractivity contribution in [1.82, 2.24) is 5.43 Å². The second-order valence-corrected chi connectivity index (χ2v) is 7.43. The van der Waals surface area contributed by atoms with Crippen molar-refractivity contribution < 1.29 is 24.3 Å². The molecule has 0 spiro atoms. The van der Waals surface area contributed by atoms with Crippen molar-refractivity contribution in [2.45, 2.75) is 33.1 Å². The summed E-state index contributed by atoms with van der Waals surface area (Å²) >= 11 is 0. The van der Waals surface area contributed by atoms with E-state index in [0.717, 1.165) is 23.9 Å². The van der Waals surface area contributed by atoms with E-state index >= 15 is 0 Å². The molecule has 0 heterocycles. The van der Waals surface area contributed by atoms with Crippen molar-refractivity contribution in [2.24, 2.45) is 5.10 Å². The number of nitro benzene ring substituents is 1. The van der Waals surface area contributed by atoms with Gasteiger partial charge in [-0.15, -0.1) is 0 Å². The smallest absolute Gasteiger partial charge is 0.277 e. The van der Waals surface area contributed by atoms with Gasteiger partial charge in [-0.1, -0.05) is 32.9 Å². The Balaban J connectivity index is 1.98. The molecule has 9 heteroatoms. The Labute approximate surface area is 174 Å². The number of aromatic hydroxyl groups is 1. The van der Waals surface area contributed by atoms with Crippen molar-refractivity contribution in [3.8, 4) is 17.2 Å². The number of non-ortho nitro benzene ring substituents is 1. The number of amides is 1. The monoisotopic (exact) mass is 415 g/mol. The molecule has 0 unspecified atom stereocenters. The first-order valence-electron chi connectivity index (χ1n) is 9.31. The molecule has 0 saturated heterocycles. The number of carbonyl (C=O) groups is 1. The number of nitro groups is 1. The summed E-state index contributed by atoms with van der Waals surface area (Å²) in [7, 11) is 0. The number of ether oxygens (including phenoxy) is 2. The van der Waals surface area contributed by atoms with Crippen LogP contribution in [0.15, 0.2) is 41.5 Å². The molecule has 2 N–H and O–H groups in total. The summed E-state index contributed by atoms with van der Waals surface area (Å²) in [6.45, 7) is 7.94. The summed E-state index contributed by atoms with van der Waals surface area (Å²) in [6, 6.07) is 9.69. The van der Waals surface area contributed by atoms with Crippen LogP contribution in [-0.4, -0.2) is 35.4 Å². The molecule has 0 aliphatic carbocycles. The Kier molecular flexibility index (Phi) is 7.35. The third-order valence-electron chi connectivity index (χ3n) is 4.08. The van der Waals surface area contributed by atoms with Crippen LogP contribution in [0, 0.1) is 10.1 Å². The highest BCUT2D eigenvalue weighted by atomic mass is 16.6. The lowest BCUT2D eigenvalue weighted by atomic mass is 9.87. The normalized spacial score (nSPS) is 11.3. The fourth-order valence-corrected chi connectivity index (χ4v) is 2.49. The molecular formula is C21H25N3O6. The van der Waals surface area contributed by atoms with Crippen LogP contribution < -0.4 is 14.9 Å². The van der Waals surface area contributed by atoms with Gasteiger partial charge < -0.3 is 14.6 Å². The third kappa shape index (κ3) is 6.20. The zero-order chi connectivity index (χ0) is 22.3. The molecule has 1 amide bonds. The third-order valence-corrected chi connectivity index (χ3v) is 4.08. The van der Waals surface area contributed by atoms with E-state index < -0.39 is 10.8 Å². The molecule has 0 bridgehead atoms. The molecule has 0 aliphatic heterocycles. The van der Waals surface area contributed by atoms with E-state index in [4.69, 9.17) is 9.47 Å². The van der Waals surface area contributed by atoms with Gasteiger partial charge in [0.05, 0.1) is 23.8 Å². The lowest BCUT2D eigenvalue weighted by Crippen LogP contribution is -2.24. The number of phenols is 1. The molecule has 2 aromatic rings. The summed E-state index contributed by atoms with van der Waals surface area (Å²) in [4.78, 5) is 22.3. The van der Waals surface area contributed by atoms with Gasteiger partial charge >= 0.3 is 0 Å². The molecule has 0 aliphatic rings. The largest absolute Gasteiger partial charge is 0.504 e. The zero-order valence-electron chi connectivity index (χ0n) is 17.3. The predicted octanol–water partition coefficient (Wildman–Crippen LogP) is 3.53. The van der Waals surface area contributed by atoms with Crippen LogP contribution in [0.25, 0.3) is 0 Å². The number of rotatable bonds is 8. The Morgan fingerprint density at radius 2 is 1.90 bits per heavy atom. The highest BCUT2D eigenvalue weighted by molar-refractivity contribution is 5.87. The van der Waals surface area contributed by atoms with Gasteiger partial charge in [-0.2, -0.15) is 5.10 Å². The molecular weight excluding hydrogens is 390 g/mol. The molecule has 0 atom stereocenters. The average molecular weight is 415 g/mol. The number of nitrogens with one attached hydrogen (secondary N) is 1. The van der Waals surface area contributed by atoms with Gasteiger partial charge in [0.15, 0.2) is 18.1 Å². The first-order valence-corrected chi connectivity index (χ1v) is 9.31. The van der Waals surface area contributed by atoms with Gasteiger partial charge in [0.2, 0.25) is 0 Å². The number of hydrazone groups is 1. The van der Waals surface area contributed by atoms with E-state index in [2.05, 4.69) is 31.3 Å². The zero-order valence-corrected chi connectivity index (χ0v) is 17.3. The van der Waals surface area contributed by atoms with E-state index in [-0.39, 0.29) is 41.4 Å². The standard InChI is InChI=1S/C21H25N3O6/c1-5-29-18-11-16(24(27)28)10-14(20(18)26)12-22-23-19(25)13-30-17-8-6-15(7-9-17)21(2,3)4/h6-12,26H,5,13H2,1-4H3,(H,23,25)/b22-12-. The predicted molar refractivity (Wildman–Crippen MR) is 112 cm³/mol. The first kappa shape index (κ1) is 22.7. The summed E-state index contributed by atoms with van der Waals surface area (Å²) in [5.74, 6) is -0.335. The molecule has 0 aromatic heterocycles. The van der Waals surface area contributed by atoms with Gasteiger partial charge in [0, 0.05) is 11.6 Å². The first-order chi connectivity index (χ1) is 14.1. The van der Waals surface area contributed by atoms with Crippen LogP contribution in [0.5, 0.6) is 17.2 Å². The summed E-state index contributed by atoms with van der Waals surface area (Å²) < 4.78 is 10.6. The number of carbonyl (C=O) groups excluding carboxylic acids is 1. The Morgan fingerprint density at radius 1 is 1.23 bits per heavy atom. The summed E-state index contributed by atoms with van der Waals surface area (Å²) in [6.07, 6.45) is 1.10. The van der Waals surface area contributed by atoms with Crippen LogP contribution in [0.3, 0.4) is 0 Å². The summed E-state index contributed by atoms with van der Waals surface area (Å²) in [5.41, 5.74) is 3.17. The Hall–Kier alpha value is -3.62. The van der Waals surface area contributed by atoms with Crippen molar-refractivity contribution in [3.05, 3.63) is 57.6 Å². The minimum absolute atomic E-state index is 0.0186. The van der Waals surface area contributed by atoms with Gasteiger partial charge in [-0.3, -0.25) is 14.9 Å². The van der Waals surface area contributed by atoms with Gasteiger partial charge in [0.25, 0.3) is 11.6 Å². The fourth-order valence-electron chi connectivity index (χ4n) is 2.49. The topological polar surface area (TPSA) is 123 Å². The summed E-state index contributed by atoms with van der Waals surface area (Å²) in [5, 5.41) is 24.9. The Bertz CT molecular complexity index is 933. The number of benzene rings is 2. The van der Waals surface area contributed by atoms with Gasteiger partial charge in [0.1, 0.15) is 5.75 Å². The molecule has 9 nitrogen and oxygen atoms in total. The van der Waals surface area contributed by atoms with Crippen LogP contribution in [-0.2, 0) is 10.2 Å². The second kappa shape index (κ2) is 9.73. The lowest BCUT2D eigenvalue weighted by Gasteiger charge is -2.19. The average Bonchev–Trinajstić information content (AvgIpc) is 2.68. The van der Waals surface area contributed by atoms with Gasteiger partial charge in [-0.25, -0.2) is 5.43 Å². The maximum atomic E-state index is 11.9. The van der Waals surface area contributed by atoms with E-state index in [0.29, 0.717) is 5.75 Å². The lowest BCUT2D eigenvalue weighted by molar-refractivity contribution is -0.385. The Morgan fingerprint density at radius 3 is 2.47 bits per heavy atom. The second-order valence-electron chi connectivity index (χ2n) is 7.43. The number of hydrogen-bond acceptors (Lipinski definition) is 7. The number of hydrogen-bond donors (Lipinski definition) is 2. The minimum atomic E-state index is -0.614. The fraction of sp³-hybridized carbons (Fsp3) is 0.333. The van der Waals surface area contributed by atoms with E-state index in [1.807, 2.05) is 12.1 Å².